The van der Waals surface area contributed by atoms with Gasteiger partial charge in [-0.3, -0.25) is 4.79 Å². The van der Waals surface area contributed by atoms with Crippen molar-refractivity contribution >= 4 is 44.9 Å². The van der Waals surface area contributed by atoms with Gasteiger partial charge in [0.05, 0.1) is 4.83 Å². The standard InChI is InChI=1S/C10H9BrCl2O/c1-6(14)10(11)7-3-2-4-9(13)8(7)5-12/h2-4,10H,5H2,1H3. The van der Waals surface area contributed by atoms with E-state index in [9.17, 15) is 4.79 Å². The molecule has 1 aromatic rings. The number of Topliss-reactive ketones (excluding diaryl/α,β-unsaturated/α-hetero) is 1. The maximum Gasteiger partial charge on any atom is 0.147 e. The van der Waals surface area contributed by atoms with Crippen molar-refractivity contribution in [3.05, 3.63) is 34.3 Å². The Bertz CT molecular complexity index is 352. The summed E-state index contributed by atoms with van der Waals surface area (Å²) in [6.07, 6.45) is 0. The monoisotopic (exact) mass is 294 g/mol. The summed E-state index contributed by atoms with van der Waals surface area (Å²) in [5.41, 5.74) is 1.66. The van der Waals surface area contributed by atoms with Gasteiger partial charge < -0.3 is 0 Å². The highest BCUT2D eigenvalue weighted by atomic mass is 79.9. The number of hydrogen-bond donors (Lipinski definition) is 0. The van der Waals surface area contributed by atoms with E-state index in [0.717, 1.165) is 11.1 Å². The molecule has 0 heterocycles. The minimum absolute atomic E-state index is 0.0404. The van der Waals surface area contributed by atoms with Gasteiger partial charge in [0.1, 0.15) is 5.78 Å². The van der Waals surface area contributed by atoms with Crippen LogP contribution in [0.4, 0.5) is 0 Å². The molecule has 0 aliphatic heterocycles. The number of ketones is 1. The summed E-state index contributed by atoms with van der Waals surface area (Å²) in [4.78, 5) is 10.9. The molecule has 1 nitrogen and oxygen atoms in total. The van der Waals surface area contributed by atoms with Crippen LogP contribution < -0.4 is 0 Å². The molecule has 0 fully saturated rings. The molecule has 0 aliphatic rings. The Morgan fingerprint density at radius 2 is 2.21 bits per heavy atom. The quantitative estimate of drug-likeness (QED) is 0.767. The molecule has 1 rings (SSSR count). The Kier molecular flexibility index (Phi) is 4.42. The first-order valence-electron chi connectivity index (χ1n) is 4.05. The molecular formula is C10H9BrCl2O. The van der Waals surface area contributed by atoms with Crippen molar-refractivity contribution in [2.45, 2.75) is 17.6 Å². The lowest BCUT2D eigenvalue weighted by Gasteiger charge is -2.12. The van der Waals surface area contributed by atoms with E-state index in [1.165, 1.54) is 6.92 Å². The zero-order chi connectivity index (χ0) is 10.7. The average Bonchev–Trinajstić information content (AvgIpc) is 2.16. The highest BCUT2D eigenvalue weighted by molar-refractivity contribution is 9.09. The Hall–Kier alpha value is -0.0500. The van der Waals surface area contributed by atoms with E-state index in [1.54, 1.807) is 6.07 Å². The average molecular weight is 296 g/mol. The zero-order valence-corrected chi connectivity index (χ0v) is 10.7. The fourth-order valence-corrected chi connectivity index (χ4v) is 2.22. The molecule has 76 valence electrons. The SMILES string of the molecule is CC(=O)C(Br)c1cccc(Cl)c1CCl. The van der Waals surface area contributed by atoms with Crippen molar-refractivity contribution in [3.63, 3.8) is 0 Å². The van der Waals surface area contributed by atoms with Gasteiger partial charge in [0.2, 0.25) is 0 Å². The zero-order valence-electron chi connectivity index (χ0n) is 7.56. The first kappa shape index (κ1) is 12.0. The number of carbonyl (C=O) groups is 1. The van der Waals surface area contributed by atoms with Gasteiger partial charge in [-0.05, 0) is 24.1 Å². The largest absolute Gasteiger partial charge is 0.298 e. The third kappa shape index (κ3) is 2.50. The molecule has 0 N–H and O–H groups in total. The number of carbonyl (C=O) groups excluding carboxylic acids is 1. The van der Waals surface area contributed by atoms with Crippen molar-refractivity contribution in [2.24, 2.45) is 0 Å². The predicted octanol–water partition coefficient (Wildman–Crippen LogP) is 4.10. The number of rotatable bonds is 3. The van der Waals surface area contributed by atoms with Crippen molar-refractivity contribution in [1.29, 1.82) is 0 Å². The molecular weight excluding hydrogens is 287 g/mol. The molecule has 0 bridgehead atoms. The second-order valence-electron chi connectivity index (χ2n) is 2.91. The summed E-state index contributed by atoms with van der Waals surface area (Å²) < 4.78 is 0. The lowest BCUT2D eigenvalue weighted by atomic mass is 10.0. The van der Waals surface area contributed by atoms with Gasteiger partial charge in [-0.15, -0.1) is 11.6 Å². The van der Waals surface area contributed by atoms with Crippen LogP contribution in [0, 0.1) is 0 Å². The minimum atomic E-state index is -0.324. The van der Waals surface area contributed by atoms with Gasteiger partial charge in [0.25, 0.3) is 0 Å². The summed E-state index contributed by atoms with van der Waals surface area (Å²) in [7, 11) is 0. The molecule has 0 aromatic heterocycles. The van der Waals surface area contributed by atoms with Crippen molar-refractivity contribution < 1.29 is 4.79 Å². The van der Waals surface area contributed by atoms with E-state index in [-0.39, 0.29) is 10.6 Å². The number of alkyl halides is 2. The predicted molar refractivity (Wildman–Crippen MR) is 63.4 cm³/mol. The highest BCUT2D eigenvalue weighted by Crippen LogP contribution is 2.31. The van der Waals surface area contributed by atoms with Crippen LogP contribution in [0.1, 0.15) is 22.9 Å². The fourth-order valence-electron chi connectivity index (χ4n) is 1.17. The Morgan fingerprint density at radius 1 is 1.57 bits per heavy atom. The van der Waals surface area contributed by atoms with Crippen LogP contribution >= 0.6 is 39.1 Å². The van der Waals surface area contributed by atoms with Gasteiger partial charge in [-0.1, -0.05) is 39.7 Å². The molecule has 1 atom stereocenters. The van der Waals surface area contributed by atoms with E-state index in [1.807, 2.05) is 12.1 Å². The van der Waals surface area contributed by atoms with E-state index >= 15 is 0 Å². The first-order valence-corrected chi connectivity index (χ1v) is 5.88. The summed E-state index contributed by atoms with van der Waals surface area (Å²) in [6.45, 7) is 1.53. The molecule has 1 aromatic carbocycles. The van der Waals surface area contributed by atoms with Crippen molar-refractivity contribution in [1.82, 2.24) is 0 Å². The normalized spacial score (nSPS) is 12.6. The fraction of sp³-hybridized carbons (Fsp3) is 0.300. The third-order valence-electron chi connectivity index (χ3n) is 1.92. The molecule has 0 radical (unpaired) electrons. The van der Waals surface area contributed by atoms with Gasteiger partial charge in [-0.2, -0.15) is 0 Å². The topological polar surface area (TPSA) is 17.1 Å². The summed E-state index contributed by atoms with van der Waals surface area (Å²) in [6, 6.07) is 5.43. The second-order valence-corrected chi connectivity index (χ2v) is 4.50. The molecule has 4 heteroatoms. The smallest absolute Gasteiger partial charge is 0.147 e. The van der Waals surface area contributed by atoms with Crippen LogP contribution in [0.2, 0.25) is 5.02 Å². The van der Waals surface area contributed by atoms with E-state index in [4.69, 9.17) is 23.2 Å². The molecule has 0 saturated heterocycles. The van der Waals surface area contributed by atoms with Crippen LogP contribution in [-0.2, 0) is 10.7 Å². The van der Waals surface area contributed by atoms with E-state index in [0.29, 0.717) is 10.9 Å². The number of halogens is 3. The van der Waals surface area contributed by atoms with Crippen LogP contribution in [0.25, 0.3) is 0 Å². The lowest BCUT2D eigenvalue weighted by molar-refractivity contribution is -0.116. The molecule has 0 saturated carbocycles. The summed E-state index contributed by atoms with van der Waals surface area (Å²) >= 11 is 15.0. The van der Waals surface area contributed by atoms with Gasteiger partial charge in [0, 0.05) is 10.9 Å². The van der Waals surface area contributed by atoms with Crippen LogP contribution in [0.5, 0.6) is 0 Å². The van der Waals surface area contributed by atoms with E-state index in [2.05, 4.69) is 15.9 Å². The Balaban J connectivity index is 3.20. The first-order chi connectivity index (χ1) is 6.57. The molecule has 14 heavy (non-hydrogen) atoms. The lowest BCUT2D eigenvalue weighted by Crippen LogP contribution is -2.04. The molecule has 0 aliphatic carbocycles. The molecule has 0 amide bonds. The van der Waals surface area contributed by atoms with Gasteiger partial charge >= 0.3 is 0 Å². The van der Waals surface area contributed by atoms with Gasteiger partial charge in [-0.25, -0.2) is 0 Å². The molecule has 1 unspecified atom stereocenters. The highest BCUT2D eigenvalue weighted by Gasteiger charge is 2.17. The number of hydrogen-bond acceptors (Lipinski definition) is 1. The second kappa shape index (κ2) is 5.15. The molecule has 0 spiro atoms. The number of benzene rings is 1. The van der Waals surface area contributed by atoms with Crippen molar-refractivity contribution in [2.75, 3.05) is 0 Å². The Labute approximate surface area is 102 Å². The summed E-state index contributed by atoms with van der Waals surface area (Å²) in [5, 5.41) is 0.600. The maximum absolute atomic E-state index is 11.2. The van der Waals surface area contributed by atoms with E-state index < -0.39 is 0 Å². The van der Waals surface area contributed by atoms with Crippen LogP contribution in [0.15, 0.2) is 18.2 Å². The summed E-state index contributed by atoms with van der Waals surface area (Å²) in [5.74, 6) is 0.350. The van der Waals surface area contributed by atoms with Crippen LogP contribution in [0.3, 0.4) is 0 Å². The maximum atomic E-state index is 11.2. The minimum Gasteiger partial charge on any atom is -0.298 e. The Morgan fingerprint density at radius 3 is 2.71 bits per heavy atom. The third-order valence-corrected chi connectivity index (χ3v) is 3.68. The van der Waals surface area contributed by atoms with Gasteiger partial charge in [0.15, 0.2) is 0 Å². The van der Waals surface area contributed by atoms with Crippen molar-refractivity contribution in [3.8, 4) is 0 Å². The van der Waals surface area contributed by atoms with Crippen LogP contribution in [-0.4, -0.2) is 5.78 Å².